The van der Waals surface area contributed by atoms with Crippen molar-refractivity contribution in [2.75, 3.05) is 17.2 Å². The first-order valence-corrected chi connectivity index (χ1v) is 7.19. The van der Waals surface area contributed by atoms with Gasteiger partial charge in [0.1, 0.15) is 5.82 Å². The number of urea groups is 1. The number of anilines is 2. The lowest BCUT2D eigenvalue weighted by molar-refractivity contribution is -0.115. The van der Waals surface area contributed by atoms with Crippen molar-refractivity contribution in [1.82, 2.24) is 5.32 Å². The summed E-state index contributed by atoms with van der Waals surface area (Å²) in [6, 6.07) is 12.3. The summed E-state index contributed by atoms with van der Waals surface area (Å²) in [5, 5.41) is 7.34. The summed E-state index contributed by atoms with van der Waals surface area (Å²) in [7, 11) is 0. The molecule has 0 saturated heterocycles. The summed E-state index contributed by atoms with van der Waals surface area (Å²) >= 11 is 3.29. The lowest BCUT2D eigenvalue weighted by Crippen LogP contribution is -2.35. The first-order chi connectivity index (χ1) is 10.5. The van der Waals surface area contributed by atoms with E-state index < -0.39 is 17.8 Å². The number of amides is 3. The minimum Gasteiger partial charge on any atom is -0.329 e. The van der Waals surface area contributed by atoms with E-state index in [2.05, 4.69) is 31.9 Å². The number of benzene rings is 2. The van der Waals surface area contributed by atoms with Crippen molar-refractivity contribution in [1.29, 1.82) is 0 Å². The third-order valence-corrected chi connectivity index (χ3v) is 3.19. The molecule has 2 aromatic rings. The molecule has 22 heavy (non-hydrogen) atoms. The van der Waals surface area contributed by atoms with Gasteiger partial charge in [0.25, 0.3) is 0 Å². The number of carbonyl (C=O) groups excluding carboxylic acids is 2. The predicted molar refractivity (Wildman–Crippen MR) is 86.2 cm³/mol. The average molecular weight is 366 g/mol. The number of para-hydroxylation sites is 1. The smallest absolute Gasteiger partial charge is 0.319 e. The SMILES string of the molecule is O=C(CNC(=O)Nc1ccc(Br)cc1)Nc1ccccc1F. The molecule has 7 heteroatoms. The van der Waals surface area contributed by atoms with E-state index in [9.17, 15) is 14.0 Å². The molecular weight excluding hydrogens is 353 g/mol. The van der Waals surface area contributed by atoms with Crippen molar-refractivity contribution in [2.45, 2.75) is 0 Å². The first kappa shape index (κ1) is 16.0. The van der Waals surface area contributed by atoms with Crippen LogP contribution in [0.4, 0.5) is 20.6 Å². The standard InChI is InChI=1S/C15H13BrFN3O2/c16-10-5-7-11(8-6-10)19-15(22)18-9-14(21)20-13-4-2-1-3-12(13)17/h1-8H,9H2,(H,20,21)(H2,18,19,22). The van der Waals surface area contributed by atoms with Crippen LogP contribution in [0.3, 0.4) is 0 Å². The van der Waals surface area contributed by atoms with Crippen LogP contribution in [0.5, 0.6) is 0 Å². The van der Waals surface area contributed by atoms with Gasteiger partial charge < -0.3 is 16.0 Å². The molecule has 0 fully saturated rings. The molecule has 0 aromatic heterocycles. The van der Waals surface area contributed by atoms with Crippen LogP contribution in [-0.2, 0) is 4.79 Å². The highest BCUT2D eigenvalue weighted by Crippen LogP contribution is 2.14. The molecule has 3 N–H and O–H groups in total. The molecule has 0 aliphatic carbocycles. The normalized spacial score (nSPS) is 9.91. The highest BCUT2D eigenvalue weighted by Gasteiger charge is 2.08. The van der Waals surface area contributed by atoms with Gasteiger partial charge in [-0.05, 0) is 36.4 Å². The molecule has 2 rings (SSSR count). The lowest BCUT2D eigenvalue weighted by Gasteiger charge is -2.09. The highest BCUT2D eigenvalue weighted by molar-refractivity contribution is 9.10. The van der Waals surface area contributed by atoms with E-state index in [1.165, 1.54) is 18.2 Å². The second-order valence-corrected chi connectivity index (χ2v) is 5.26. The van der Waals surface area contributed by atoms with Crippen molar-refractivity contribution in [2.24, 2.45) is 0 Å². The van der Waals surface area contributed by atoms with E-state index in [-0.39, 0.29) is 12.2 Å². The number of nitrogens with one attached hydrogen (secondary N) is 3. The number of hydrogen-bond acceptors (Lipinski definition) is 2. The number of rotatable bonds is 4. The van der Waals surface area contributed by atoms with E-state index in [0.29, 0.717) is 5.69 Å². The molecule has 3 amide bonds. The Bertz CT molecular complexity index is 677. The number of halogens is 2. The van der Waals surface area contributed by atoms with Gasteiger partial charge in [-0.1, -0.05) is 28.1 Å². The molecule has 0 radical (unpaired) electrons. The Balaban J connectivity index is 1.79. The topological polar surface area (TPSA) is 70.2 Å². The van der Waals surface area contributed by atoms with Crippen LogP contribution in [-0.4, -0.2) is 18.5 Å². The van der Waals surface area contributed by atoms with Crippen LogP contribution >= 0.6 is 15.9 Å². The summed E-state index contributed by atoms with van der Waals surface area (Å²) in [5.74, 6) is -1.05. The van der Waals surface area contributed by atoms with Crippen LogP contribution in [0.25, 0.3) is 0 Å². The maximum absolute atomic E-state index is 13.4. The average Bonchev–Trinajstić information content (AvgIpc) is 2.50. The van der Waals surface area contributed by atoms with Gasteiger partial charge in [0, 0.05) is 10.2 Å². The third kappa shape index (κ3) is 4.85. The Hall–Kier alpha value is -2.41. The van der Waals surface area contributed by atoms with Crippen molar-refractivity contribution < 1.29 is 14.0 Å². The van der Waals surface area contributed by atoms with Gasteiger partial charge in [-0.15, -0.1) is 0 Å². The van der Waals surface area contributed by atoms with E-state index in [4.69, 9.17) is 0 Å². The van der Waals surface area contributed by atoms with E-state index in [1.807, 2.05) is 0 Å². The van der Waals surface area contributed by atoms with Gasteiger partial charge in [-0.3, -0.25) is 4.79 Å². The molecule has 0 aliphatic rings. The van der Waals surface area contributed by atoms with Gasteiger partial charge >= 0.3 is 6.03 Å². The van der Waals surface area contributed by atoms with Gasteiger partial charge in [0.2, 0.25) is 5.91 Å². The second-order valence-electron chi connectivity index (χ2n) is 4.34. The van der Waals surface area contributed by atoms with Crippen LogP contribution in [0, 0.1) is 5.82 Å². The summed E-state index contributed by atoms with van der Waals surface area (Å²) < 4.78 is 14.2. The molecule has 0 aliphatic heterocycles. The van der Waals surface area contributed by atoms with Crippen molar-refractivity contribution in [3.8, 4) is 0 Å². The quantitative estimate of drug-likeness (QED) is 0.777. The van der Waals surface area contributed by atoms with E-state index in [1.54, 1.807) is 30.3 Å². The van der Waals surface area contributed by atoms with Crippen molar-refractivity contribution in [3.05, 3.63) is 58.8 Å². The Morgan fingerprint density at radius 1 is 1.00 bits per heavy atom. The molecule has 0 unspecified atom stereocenters. The predicted octanol–water partition coefficient (Wildman–Crippen LogP) is 3.35. The molecule has 2 aromatic carbocycles. The zero-order valence-corrected chi connectivity index (χ0v) is 13.0. The minimum absolute atomic E-state index is 0.0719. The van der Waals surface area contributed by atoms with Gasteiger partial charge in [0.05, 0.1) is 12.2 Å². The summed E-state index contributed by atoms with van der Waals surface area (Å²) in [5.41, 5.74) is 0.665. The molecule has 5 nitrogen and oxygen atoms in total. The first-order valence-electron chi connectivity index (χ1n) is 6.39. The van der Waals surface area contributed by atoms with Crippen LogP contribution in [0.1, 0.15) is 0 Å². The van der Waals surface area contributed by atoms with Crippen molar-refractivity contribution >= 4 is 39.2 Å². The third-order valence-electron chi connectivity index (χ3n) is 2.66. The molecule has 0 saturated carbocycles. The fourth-order valence-corrected chi connectivity index (χ4v) is 1.89. The summed E-state index contributed by atoms with van der Waals surface area (Å²) in [6.07, 6.45) is 0. The Morgan fingerprint density at radius 2 is 1.68 bits per heavy atom. The molecular formula is C15H13BrFN3O2. The summed E-state index contributed by atoms with van der Waals surface area (Å²) in [6.45, 7) is -0.267. The van der Waals surface area contributed by atoms with Crippen LogP contribution < -0.4 is 16.0 Å². The maximum atomic E-state index is 13.4. The maximum Gasteiger partial charge on any atom is 0.319 e. The van der Waals surface area contributed by atoms with Gasteiger partial charge in [0.15, 0.2) is 0 Å². The van der Waals surface area contributed by atoms with Crippen LogP contribution in [0.15, 0.2) is 53.0 Å². The second kappa shape index (κ2) is 7.56. The van der Waals surface area contributed by atoms with Gasteiger partial charge in [-0.2, -0.15) is 0 Å². The largest absolute Gasteiger partial charge is 0.329 e. The molecule has 0 bridgehead atoms. The summed E-state index contributed by atoms with van der Waals surface area (Å²) in [4.78, 5) is 23.3. The minimum atomic E-state index is -0.532. The fourth-order valence-electron chi connectivity index (χ4n) is 1.63. The Morgan fingerprint density at radius 3 is 2.36 bits per heavy atom. The van der Waals surface area contributed by atoms with Crippen LogP contribution in [0.2, 0.25) is 0 Å². The molecule has 0 heterocycles. The fraction of sp³-hybridized carbons (Fsp3) is 0.0667. The highest BCUT2D eigenvalue weighted by atomic mass is 79.9. The monoisotopic (exact) mass is 365 g/mol. The Labute approximate surface area is 135 Å². The number of carbonyl (C=O) groups is 2. The van der Waals surface area contributed by atoms with E-state index >= 15 is 0 Å². The number of hydrogen-bond donors (Lipinski definition) is 3. The van der Waals surface area contributed by atoms with Gasteiger partial charge in [-0.25, -0.2) is 9.18 Å². The Kier molecular flexibility index (Phi) is 5.48. The molecule has 0 atom stereocenters. The lowest BCUT2D eigenvalue weighted by atomic mass is 10.3. The zero-order chi connectivity index (χ0) is 15.9. The molecule has 114 valence electrons. The van der Waals surface area contributed by atoms with Crippen molar-refractivity contribution in [3.63, 3.8) is 0 Å². The zero-order valence-electron chi connectivity index (χ0n) is 11.4. The van der Waals surface area contributed by atoms with E-state index in [0.717, 1.165) is 4.47 Å². The molecule has 0 spiro atoms.